The number of nitrogens with one attached hydrogen (secondary N) is 1. The number of halogens is 2. The Labute approximate surface area is 279 Å². The number of allylic oxidation sites excluding steroid dienone is 2. The number of methoxy groups -OCH3 is 1. The quantitative estimate of drug-likeness (QED) is 0.227. The van der Waals surface area contributed by atoms with Crippen molar-refractivity contribution in [3.05, 3.63) is 119 Å². The molecule has 0 spiro atoms. The first kappa shape index (κ1) is 30.3. The molecule has 3 heterocycles. The second-order valence-corrected chi connectivity index (χ2v) is 13.4. The van der Waals surface area contributed by atoms with Crippen molar-refractivity contribution in [2.24, 2.45) is 13.0 Å². The Morgan fingerprint density at radius 1 is 0.978 bits per heavy atom. The van der Waals surface area contributed by atoms with Crippen molar-refractivity contribution in [1.29, 1.82) is 0 Å². The van der Waals surface area contributed by atoms with Crippen LogP contribution in [0.15, 0.2) is 90.8 Å². The van der Waals surface area contributed by atoms with Crippen LogP contribution in [-0.2, 0) is 28.6 Å². The number of aromatic hydroxyl groups is 1. The van der Waals surface area contributed by atoms with Crippen LogP contribution < -0.4 is 21.5 Å². The smallest absolute Gasteiger partial charge is 0.347 e. The summed E-state index contributed by atoms with van der Waals surface area (Å²) >= 11 is 7.16. The molecule has 4 atom stereocenters. The highest BCUT2D eigenvalue weighted by Gasteiger charge is 2.69. The van der Waals surface area contributed by atoms with E-state index >= 15 is 4.79 Å². The third-order valence-electron chi connectivity index (χ3n) is 9.55. The molecule has 1 aliphatic carbocycles. The van der Waals surface area contributed by atoms with Crippen LogP contribution in [0, 0.1) is 12.8 Å². The topological polar surface area (TPSA) is 128 Å². The van der Waals surface area contributed by atoms with Crippen LogP contribution in [0.2, 0.25) is 0 Å². The van der Waals surface area contributed by atoms with Gasteiger partial charge in [0, 0.05) is 17.4 Å². The van der Waals surface area contributed by atoms with Gasteiger partial charge < -0.3 is 9.84 Å². The molecule has 1 saturated heterocycles. The number of aromatic nitrogens is 3. The summed E-state index contributed by atoms with van der Waals surface area (Å²) in [5.41, 5.74) is 4.07. The summed E-state index contributed by atoms with van der Waals surface area (Å²) in [6, 6.07) is 17.5. The Morgan fingerprint density at radius 2 is 1.67 bits per heavy atom. The molecule has 2 fully saturated rings. The molecule has 11 nitrogen and oxygen atoms in total. The van der Waals surface area contributed by atoms with Gasteiger partial charge in [0.05, 0.1) is 41.2 Å². The Bertz CT molecular complexity index is 2080. The first-order chi connectivity index (χ1) is 22.0. The Morgan fingerprint density at radius 3 is 2.35 bits per heavy atom. The maximum Gasteiger partial charge on any atom is 0.347 e. The summed E-state index contributed by atoms with van der Waals surface area (Å²) in [7, 11) is 2.85. The van der Waals surface area contributed by atoms with Gasteiger partial charge in [-0.15, -0.1) is 0 Å². The fourth-order valence-electron chi connectivity index (χ4n) is 7.44. The van der Waals surface area contributed by atoms with Gasteiger partial charge in [0.1, 0.15) is 0 Å². The number of phenols is 1. The van der Waals surface area contributed by atoms with Crippen LogP contribution in [-0.4, -0.2) is 43.0 Å². The number of nitrogens with zero attached hydrogens (tertiary/aromatic N) is 4. The van der Waals surface area contributed by atoms with Gasteiger partial charge >= 0.3 is 11.4 Å². The summed E-state index contributed by atoms with van der Waals surface area (Å²) < 4.78 is 10.1. The van der Waals surface area contributed by atoms with E-state index in [0.717, 1.165) is 15.1 Å². The van der Waals surface area contributed by atoms with Gasteiger partial charge in [0.25, 0.3) is 11.8 Å². The number of carbonyl (C=O) groups is 2. The first-order valence-electron chi connectivity index (χ1n) is 14.6. The number of phenolic OH excluding ortho intramolecular Hbond substituents is 1. The summed E-state index contributed by atoms with van der Waals surface area (Å²) in [6.07, 6.45) is 1.97. The first-order valence-corrected chi connectivity index (χ1v) is 16.2. The number of hydrogen-bond acceptors (Lipinski definition) is 7. The summed E-state index contributed by atoms with van der Waals surface area (Å²) in [4.78, 5) is 56.4. The number of hydrogen-bond donors (Lipinski definition) is 2. The molecule has 4 aromatic rings. The van der Waals surface area contributed by atoms with Crippen LogP contribution in [0.3, 0.4) is 0 Å². The highest BCUT2D eigenvalue weighted by Crippen LogP contribution is 2.63. The van der Waals surface area contributed by atoms with Gasteiger partial charge in [-0.05, 0) is 80.1 Å². The van der Waals surface area contributed by atoms with Gasteiger partial charge in [-0.25, -0.2) is 23.5 Å². The van der Waals surface area contributed by atoms with E-state index in [1.807, 2.05) is 55.5 Å². The molecule has 2 N–H and O–H groups in total. The molecule has 1 aromatic heterocycles. The molecule has 7 rings (SSSR count). The Balaban J connectivity index is 1.55. The fraction of sp³-hybridized carbons (Fsp3) is 0.273. The molecular weight excluding hydrogens is 722 g/mol. The molecule has 13 heteroatoms. The summed E-state index contributed by atoms with van der Waals surface area (Å²) in [6.45, 7) is 2.04. The molecule has 3 aromatic carbocycles. The van der Waals surface area contributed by atoms with Crippen molar-refractivity contribution in [1.82, 2.24) is 18.9 Å². The minimum Gasteiger partial charge on any atom is -0.503 e. The number of rotatable bonds is 5. The second-order valence-electron chi connectivity index (χ2n) is 11.8. The van der Waals surface area contributed by atoms with Crippen molar-refractivity contribution < 1.29 is 19.4 Å². The molecule has 0 radical (unpaired) electrons. The third-order valence-corrected chi connectivity index (χ3v) is 11.7. The van der Waals surface area contributed by atoms with Gasteiger partial charge in [0.15, 0.2) is 11.5 Å². The number of fused-ring (bicyclic) bond motifs is 4. The highest BCUT2D eigenvalue weighted by atomic mass is 79.9. The number of aryl methyl sites for hydroxylation is 1. The third kappa shape index (κ3) is 4.07. The number of benzene rings is 3. The lowest BCUT2D eigenvalue weighted by Gasteiger charge is -2.49. The van der Waals surface area contributed by atoms with E-state index in [4.69, 9.17) is 4.74 Å². The van der Waals surface area contributed by atoms with Crippen LogP contribution in [0.1, 0.15) is 35.1 Å². The standard InChI is InChI=1S/C33H29Br2N5O6/c1-17-9-11-19(12-10-17)36-39-29(42)22-16-23-20(13-14-38-31(44)37(2)32(45)40(23)38)25(21-15-24(46-3)28(41)27(35)26(21)34)33(22,30(39)43)18-7-5-4-6-8-18/h4-13,15,22-23,25,36,41H,14,16H2,1-3H3/t22-,23+,25+,33+/m0/s1. The zero-order valence-corrected chi connectivity index (χ0v) is 28.2. The number of amides is 2. The second kappa shape index (κ2) is 10.9. The largest absolute Gasteiger partial charge is 0.503 e. The average molecular weight is 751 g/mol. The highest BCUT2D eigenvalue weighted by molar-refractivity contribution is 9.13. The number of carbonyl (C=O) groups excluding carboxylic acids is 2. The zero-order chi connectivity index (χ0) is 32.7. The Kier molecular flexibility index (Phi) is 7.16. The monoisotopic (exact) mass is 749 g/mol. The van der Waals surface area contributed by atoms with Crippen LogP contribution >= 0.6 is 31.9 Å². The zero-order valence-electron chi connectivity index (χ0n) is 25.0. The number of ether oxygens (including phenoxy) is 1. The molecule has 236 valence electrons. The number of imide groups is 1. The van der Waals surface area contributed by atoms with E-state index in [-0.39, 0.29) is 24.5 Å². The lowest BCUT2D eigenvalue weighted by atomic mass is 9.53. The van der Waals surface area contributed by atoms with E-state index in [1.165, 1.54) is 23.5 Å². The average Bonchev–Trinajstić information content (AvgIpc) is 3.42. The van der Waals surface area contributed by atoms with Crippen LogP contribution in [0.25, 0.3) is 0 Å². The van der Waals surface area contributed by atoms with Crippen molar-refractivity contribution in [3.8, 4) is 11.5 Å². The maximum absolute atomic E-state index is 15.2. The molecule has 46 heavy (non-hydrogen) atoms. The molecular formula is C33H29Br2N5O6. The molecule has 0 unspecified atom stereocenters. The fourth-order valence-corrected chi connectivity index (χ4v) is 8.40. The molecule has 0 bridgehead atoms. The van der Waals surface area contributed by atoms with E-state index < -0.39 is 46.5 Å². The predicted octanol–water partition coefficient (Wildman–Crippen LogP) is 4.51. The van der Waals surface area contributed by atoms with Gasteiger partial charge in [0.2, 0.25) is 0 Å². The van der Waals surface area contributed by atoms with Crippen molar-refractivity contribution in [2.45, 2.75) is 37.3 Å². The lowest BCUT2D eigenvalue weighted by molar-refractivity contribution is -0.138. The van der Waals surface area contributed by atoms with Gasteiger partial charge in [-0.1, -0.05) is 54.1 Å². The summed E-state index contributed by atoms with van der Waals surface area (Å²) in [5.74, 6) is -2.69. The van der Waals surface area contributed by atoms with E-state index in [9.17, 15) is 19.5 Å². The van der Waals surface area contributed by atoms with Crippen molar-refractivity contribution >= 4 is 49.4 Å². The molecule has 2 amide bonds. The van der Waals surface area contributed by atoms with Gasteiger partial charge in [-0.2, -0.15) is 5.01 Å². The molecule has 2 aliphatic heterocycles. The minimum atomic E-state index is -1.48. The molecule has 3 aliphatic rings. The normalized spacial score (nSPS) is 23.5. The number of anilines is 1. The van der Waals surface area contributed by atoms with Crippen LogP contribution in [0.5, 0.6) is 11.5 Å². The van der Waals surface area contributed by atoms with Crippen molar-refractivity contribution in [3.63, 3.8) is 0 Å². The Hall–Kier alpha value is -4.36. The van der Waals surface area contributed by atoms with Gasteiger partial charge in [-0.3, -0.25) is 15.0 Å². The van der Waals surface area contributed by atoms with E-state index in [0.29, 0.717) is 31.3 Å². The predicted molar refractivity (Wildman–Crippen MR) is 177 cm³/mol. The van der Waals surface area contributed by atoms with E-state index in [2.05, 4.69) is 37.3 Å². The molecule has 1 saturated carbocycles. The SMILES string of the molecule is COc1cc([C@H]2C3=CCn4c(=O)n(C)c(=O)n4[C@@H]3C[C@H]3C(=O)N(Nc4ccc(C)cc4)C(=O)[C@@]23c2ccccc2)c(Br)c(Br)c1O. The minimum absolute atomic E-state index is 0.0885. The maximum atomic E-state index is 15.2. The van der Waals surface area contributed by atoms with Crippen molar-refractivity contribution in [2.75, 3.05) is 12.5 Å². The van der Waals surface area contributed by atoms with E-state index in [1.54, 1.807) is 18.2 Å². The lowest BCUT2D eigenvalue weighted by Crippen LogP contribution is -2.53. The number of hydrazine groups is 1. The van der Waals surface area contributed by atoms with Crippen LogP contribution in [0.4, 0.5) is 5.69 Å². The summed E-state index contributed by atoms with van der Waals surface area (Å²) in [5, 5.41) is 12.0.